The maximum absolute atomic E-state index is 10.6. The number of benzene rings is 1. The summed E-state index contributed by atoms with van der Waals surface area (Å²) in [5.74, 6) is -0.854. The Morgan fingerprint density at radius 3 is 3.00 bits per heavy atom. The summed E-state index contributed by atoms with van der Waals surface area (Å²) < 4.78 is 5.35. The van der Waals surface area contributed by atoms with Crippen LogP contribution in [-0.2, 0) is 11.3 Å². The van der Waals surface area contributed by atoms with Gasteiger partial charge in [-0.2, -0.15) is 0 Å². The molecule has 4 heteroatoms. The monoisotopic (exact) mass is 219 g/mol. The summed E-state index contributed by atoms with van der Waals surface area (Å²) >= 11 is 0. The van der Waals surface area contributed by atoms with Gasteiger partial charge in [-0.15, -0.1) is 0 Å². The minimum absolute atomic E-state index is 0.491. The average Bonchev–Trinajstić information content (AvgIpc) is 2.69. The second-order valence-electron chi connectivity index (χ2n) is 3.70. The summed E-state index contributed by atoms with van der Waals surface area (Å²) in [6, 6.07) is 7.12. The molecular formula is C12H13NO3. The number of hydrogen-bond donors (Lipinski definition) is 2. The molecule has 1 aromatic heterocycles. The Labute approximate surface area is 92.9 Å². The van der Waals surface area contributed by atoms with Crippen LogP contribution in [0.15, 0.2) is 34.9 Å². The molecule has 1 aromatic carbocycles. The number of hydrogen-bond acceptors (Lipinski definition) is 3. The van der Waals surface area contributed by atoms with Gasteiger partial charge in [-0.05, 0) is 13.0 Å². The van der Waals surface area contributed by atoms with Gasteiger partial charge in [0.05, 0.1) is 6.26 Å². The van der Waals surface area contributed by atoms with E-state index in [4.69, 9.17) is 9.52 Å². The van der Waals surface area contributed by atoms with Crippen molar-refractivity contribution in [1.82, 2.24) is 5.32 Å². The molecule has 16 heavy (non-hydrogen) atoms. The molecule has 1 unspecified atom stereocenters. The standard InChI is InChI=1S/C12H13NO3/c1-8(12(14)15)13-6-9-7-16-11-5-3-2-4-10(9)11/h2-5,7-8,13H,6H2,1H3,(H,14,15). The molecule has 0 spiro atoms. The van der Waals surface area contributed by atoms with Crippen LogP contribution in [0.4, 0.5) is 0 Å². The Bertz CT molecular complexity index is 504. The normalized spacial score (nSPS) is 12.8. The lowest BCUT2D eigenvalue weighted by Gasteiger charge is -2.07. The zero-order valence-electron chi connectivity index (χ0n) is 8.93. The second kappa shape index (κ2) is 4.37. The van der Waals surface area contributed by atoms with Gasteiger partial charge in [0.25, 0.3) is 0 Å². The fourth-order valence-corrected chi connectivity index (χ4v) is 1.52. The lowest BCUT2D eigenvalue weighted by Crippen LogP contribution is -2.32. The van der Waals surface area contributed by atoms with Crippen LogP contribution in [0.25, 0.3) is 11.0 Å². The molecule has 0 aliphatic carbocycles. The van der Waals surface area contributed by atoms with Gasteiger partial charge in [0.1, 0.15) is 11.6 Å². The molecule has 2 aromatic rings. The molecule has 0 bridgehead atoms. The van der Waals surface area contributed by atoms with E-state index in [0.717, 1.165) is 16.5 Å². The van der Waals surface area contributed by atoms with Crippen LogP contribution in [-0.4, -0.2) is 17.1 Å². The quantitative estimate of drug-likeness (QED) is 0.825. The van der Waals surface area contributed by atoms with Gasteiger partial charge in [0.2, 0.25) is 0 Å². The molecule has 0 radical (unpaired) electrons. The Morgan fingerprint density at radius 1 is 1.50 bits per heavy atom. The van der Waals surface area contributed by atoms with E-state index in [1.54, 1.807) is 13.2 Å². The largest absolute Gasteiger partial charge is 0.480 e. The van der Waals surface area contributed by atoms with Gasteiger partial charge < -0.3 is 14.8 Å². The summed E-state index contributed by atoms with van der Waals surface area (Å²) in [5.41, 5.74) is 1.80. The van der Waals surface area contributed by atoms with Crippen LogP contribution in [0, 0.1) is 0 Å². The number of carboxylic acid groups (broad SMARTS) is 1. The maximum atomic E-state index is 10.6. The Morgan fingerprint density at radius 2 is 2.25 bits per heavy atom. The number of fused-ring (bicyclic) bond motifs is 1. The number of furan rings is 1. The zero-order chi connectivity index (χ0) is 11.5. The number of carboxylic acids is 1. The van der Waals surface area contributed by atoms with E-state index in [1.807, 2.05) is 24.3 Å². The van der Waals surface area contributed by atoms with Crippen LogP contribution >= 0.6 is 0 Å². The van der Waals surface area contributed by atoms with Gasteiger partial charge in [0.15, 0.2) is 0 Å². The molecule has 1 heterocycles. The molecule has 0 saturated heterocycles. The first kappa shape index (κ1) is 10.7. The van der Waals surface area contributed by atoms with E-state index in [2.05, 4.69) is 5.32 Å². The van der Waals surface area contributed by atoms with E-state index in [9.17, 15) is 4.79 Å². The van der Waals surface area contributed by atoms with Crippen LogP contribution in [0.2, 0.25) is 0 Å². The molecule has 2 rings (SSSR count). The highest BCUT2D eigenvalue weighted by Gasteiger charge is 2.11. The van der Waals surface area contributed by atoms with Crippen LogP contribution in [0.3, 0.4) is 0 Å². The molecule has 84 valence electrons. The van der Waals surface area contributed by atoms with E-state index < -0.39 is 12.0 Å². The second-order valence-corrected chi connectivity index (χ2v) is 3.70. The first-order valence-corrected chi connectivity index (χ1v) is 5.10. The van der Waals surface area contributed by atoms with Crippen LogP contribution < -0.4 is 5.32 Å². The Balaban J connectivity index is 2.13. The molecule has 2 N–H and O–H groups in total. The van der Waals surface area contributed by atoms with Crippen molar-refractivity contribution in [3.8, 4) is 0 Å². The minimum atomic E-state index is -0.854. The minimum Gasteiger partial charge on any atom is -0.480 e. The van der Waals surface area contributed by atoms with Crippen molar-refractivity contribution in [3.05, 3.63) is 36.1 Å². The number of para-hydroxylation sites is 1. The molecule has 1 atom stereocenters. The maximum Gasteiger partial charge on any atom is 0.320 e. The summed E-state index contributed by atoms with van der Waals surface area (Å²) in [6.45, 7) is 2.11. The molecule has 4 nitrogen and oxygen atoms in total. The molecule has 0 aliphatic heterocycles. The SMILES string of the molecule is CC(NCc1coc2ccccc12)C(=O)O. The van der Waals surface area contributed by atoms with E-state index in [1.165, 1.54) is 0 Å². The fourth-order valence-electron chi connectivity index (χ4n) is 1.52. The van der Waals surface area contributed by atoms with Crippen molar-refractivity contribution in [3.63, 3.8) is 0 Å². The molecule has 0 saturated carbocycles. The molecule has 0 aliphatic rings. The number of nitrogens with one attached hydrogen (secondary N) is 1. The van der Waals surface area contributed by atoms with E-state index in [-0.39, 0.29) is 0 Å². The highest BCUT2D eigenvalue weighted by molar-refractivity contribution is 5.81. The van der Waals surface area contributed by atoms with E-state index in [0.29, 0.717) is 6.54 Å². The van der Waals surface area contributed by atoms with Gasteiger partial charge >= 0.3 is 5.97 Å². The Kier molecular flexibility index (Phi) is 2.92. The Hall–Kier alpha value is -1.81. The third-order valence-electron chi connectivity index (χ3n) is 2.53. The average molecular weight is 219 g/mol. The number of rotatable bonds is 4. The van der Waals surface area contributed by atoms with Crippen molar-refractivity contribution in [2.24, 2.45) is 0 Å². The molecular weight excluding hydrogens is 206 g/mol. The zero-order valence-corrected chi connectivity index (χ0v) is 8.93. The van der Waals surface area contributed by atoms with Crippen molar-refractivity contribution in [1.29, 1.82) is 0 Å². The predicted octanol–water partition coefficient (Wildman–Crippen LogP) is 2.00. The first-order valence-electron chi connectivity index (χ1n) is 5.10. The molecule has 0 amide bonds. The highest BCUT2D eigenvalue weighted by Crippen LogP contribution is 2.20. The summed E-state index contributed by atoms with van der Waals surface area (Å²) in [7, 11) is 0. The summed E-state index contributed by atoms with van der Waals surface area (Å²) in [4.78, 5) is 10.6. The lowest BCUT2D eigenvalue weighted by molar-refractivity contribution is -0.139. The van der Waals surface area contributed by atoms with Crippen LogP contribution in [0.1, 0.15) is 12.5 Å². The summed E-state index contributed by atoms with van der Waals surface area (Å²) in [6.07, 6.45) is 1.66. The van der Waals surface area contributed by atoms with Gasteiger partial charge in [-0.3, -0.25) is 4.79 Å². The van der Waals surface area contributed by atoms with Gasteiger partial charge in [-0.1, -0.05) is 18.2 Å². The fraction of sp³-hybridized carbons (Fsp3) is 0.250. The number of carbonyl (C=O) groups is 1. The predicted molar refractivity (Wildman–Crippen MR) is 60.2 cm³/mol. The van der Waals surface area contributed by atoms with Crippen molar-refractivity contribution in [2.75, 3.05) is 0 Å². The number of aliphatic carboxylic acids is 1. The first-order chi connectivity index (χ1) is 7.68. The smallest absolute Gasteiger partial charge is 0.320 e. The third-order valence-corrected chi connectivity index (χ3v) is 2.53. The van der Waals surface area contributed by atoms with E-state index >= 15 is 0 Å². The van der Waals surface area contributed by atoms with Gasteiger partial charge in [-0.25, -0.2) is 0 Å². The topological polar surface area (TPSA) is 62.5 Å². The van der Waals surface area contributed by atoms with Crippen molar-refractivity contribution < 1.29 is 14.3 Å². The third kappa shape index (κ3) is 2.06. The highest BCUT2D eigenvalue weighted by atomic mass is 16.4. The van der Waals surface area contributed by atoms with Crippen molar-refractivity contribution in [2.45, 2.75) is 19.5 Å². The lowest BCUT2D eigenvalue weighted by atomic mass is 10.1. The van der Waals surface area contributed by atoms with Crippen molar-refractivity contribution >= 4 is 16.9 Å². The van der Waals surface area contributed by atoms with Crippen LogP contribution in [0.5, 0.6) is 0 Å². The summed E-state index contributed by atoms with van der Waals surface area (Å²) in [5, 5.41) is 12.7. The molecule has 0 fully saturated rings. The van der Waals surface area contributed by atoms with Gasteiger partial charge in [0, 0.05) is 17.5 Å².